The predicted molar refractivity (Wildman–Crippen MR) is 93.5 cm³/mol. The second-order valence-electron chi connectivity index (χ2n) is 6.76. The van der Waals surface area contributed by atoms with Crippen LogP contribution in [0.2, 0.25) is 0 Å². The van der Waals surface area contributed by atoms with Gasteiger partial charge >= 0.3 is 0 Å². The molecule has 0 spiro atoms. The van der Waals surface area contributed by atoms with Crippen molar-refractivity contribution in [2.45, 2.75) is 63.2 Å². The summed E-state index contributed by atoms with van der Waals surface area (Å²) in [6, 6.07) is 8.12. The molecule has 1 aliphatic carbocycles. The lowest BCUT2D eigenvalue weighted by Gasteiger charge is -2.28. The van der Waals surface area contributed by atoms with Crippen molar-refractivity contribution in [2.75, 3.05) is 6.54 Å². The molecule has 0 radical (unpaired) electrons. The van der Waals surface area contributed by atoms with Crippen LogP contribution in [0.5, 0.6) is 0 Å². The quantitative estimate of drug-likeness (QED) is 0.828. The molecule has 1 saturated carbocycles. The molecule has 1 atom stereocenters. The molecular weight excluding hydrogens is 312 g/mol. The van der Waals surface area contributed by atoms with Crippen LogP contribution in [0.3, 0.4) is 0 Å². The molecule has 0 unspecified atom stereocenters. The van der Waals surface area contributed by atoms with E-state index in [1.807, 2.05) is 12.1 Å². The van der Waals surface area contributed by atoms with E-state index >= 15 is 0 Å². The minimum absolute atomic E-state index is 0. The van der Waals surface area contributed by atoms with Gasteiger partial charge in [-0.25, -0.2) is 0 Å². The third-order valence-corrected chi connectivity index (χ3v) is 4.95. The van der Waals surface area contributed by atoms with Crippen molar-refractivity contribution in [3.05, 3.63) is 35.4 Å². The molecule has 1 heterocycles. The number of amides is 1. The van der Waals surface area contributed by atoms with Crippen LogP contribution in [-0.2, 0) is 16.1 Å². The first-order valence-corrected chi connectivity index (χ1v) is 8.41. The zero-order valence-electron chi connectivity index (χ0n) is 13.6. The maximum absolute atomic E-state index is 12.2. The van der Waals surface area contributed by atoms with Crippen LogP contribution in [0.15, 0.2) is 24.3 Å². The average Bonchev–Trinajstić information content (AvgIpc) is 2.79. The molecule has 1 aromatic rings. The first-order valence-electron chi connectivity index (χ1n) is 8.41. The number of rotatable bonds is 4. The predicted octanol–water partition coefficient (Wildman–Crippen LogP) is 3.24. The SMILES string of the molecule is Cl.NC1(CNC(=O)C[C@@H]2OCc3ccccc32)CCCCCC1. The number of carbonyl (C=O) groups excluding carboxylic acids is 1. The fraction of sp³-hybridized carbons (Fsp3) is 0.611. The average molecular weight is 339 g/mol. The molecule has 2 aliphatic rings. The smallest absolute Gasteiger partial charge is 0.223 e. The summed E-state index contributed by atoms with van der Waals surface area (Å²) in [7, 11) is 0. The number of carbonyl (C=O) groups is 1. The number of nitrogens with one attached hydrogen (secondary N) is 1. The Morgan fingerprint density at radius 1 is 1.22 bits per heavy atom. The van der Waals surface area contributed by atoms with Gasteiger partial charge in [-0.05, 0) is 24.0 Å². The van der Waals surface area contributed by atoms with Crippen LogP contribution in [0, 0.1) is 0 Å². The lowest BCUT2D eigenvalue weighted by atomic mass is 9.91. The fourth-order valence-electron chi connectivity index (χ4n) is 3.55. The summed E-state index contributed by atoms with van der Waals surface area (Å²) in [6.07, 6.45) is 7.16. The van der Waals surface area contributed by atoms with Crippen molar-refractivity contribution >= 4 is 18.3 Å². The van der Waals surface area contributed by atoms with E-state index in [1.54, 1.807) is 0 Å². The Hall–Kier alpha value is -1.10. The van der Waals surface area contributed by atoms with Gasteiger partial charge in [0.15, 0.2) is 0 Å². The highest BCUT2D eigenvalue weighted by atomic mass is 35.5. The number of benzene rings is 1. The zero-order chi connectivity index (χ0) is 15.4. The number of ether oxygens (including phenoxy) is 1. The number of hydrogen-bond donors (Lipinski definition) is 2. The van der Waals surface area contributed by atoms with Crippen molar-refractivity contribution in [1.82, 2.24) is 5.32 Å². The minimum atomic E-state index is -0.222. The van der Waals surface area contributed by atoms with Crippen molar-refractivity contribution in [2.24, 2.45) is 5.73 Å². The van der Waals surface area contributed by atoms with Gasteiger partial charge in [0.2, 0.25) is 5.91 Å². The van der Waals surface area contributed by atoms with E-state index in [9.17, 15) is 4.79 Å². The number of fused-ring (bicyclic) bond motifs is 1. The van der Waals surface area contributed by atoms with Gasteiger partial charge < -0.3 is 15.8 Å². The summed E-state index contributed by atoms with van der Waals surface area (Å²) < 4.78 is 5.74. The lowest BCUT2D eigenvalue weighted by molar-refractivity contribution is -0.124. The Labute approximate surface area is 144 Å². The Morgan fingerprint density at radius 2 is 1.91 bits per heavy atom. The van der Waals surface area contributed by atoms with Crippen LogP contribution >= 0.6 is 12.4 Å². The number of halogens is 1. The second-order valence-corrected chi connectivity index (χ2v) is 6.76. The summed E-state index contributed by atoms with van der Waals surface area (Å²) in [6.45, 7) is 1.19. The normalized spacial score (nSPS) is 22.6. The van der Waals surface area contributed by atoms with E-state index in [2.05, 4.69) is 17.4 Å². The van der Waals surface area contributed by atoms with Crippen LogP contribution in [0.1, 0.15) is 62.2 Å². The highest BCUT2D eigenvalue weighted by Crippen LogP contribution is 2.32. The van der Waals surface area contributed by atoms with Crippen LogP contribution in [-0.4, -0.2) is 18.0 Å². The molecule has 1 amide bonds. The molecule has 0 saturated heterocycles. The van der Waals surface area contributed by atoms with Crippen LogP contribution < -0.4 is 11.1 Å². The van der Waals surface area contributed by atoms with E-state index < -0.39 is 0 Å². The Balaban J connectivity index is 0.00000192. The van der Waals surface area contributed by atoms with Crippen molar-refractivity contribution < 1.29 is 9.53 Å². The summed E-state index contributed by atoms with van der Waals surface area (Å²) >= 11 is 0. The first kappa shape index (κ1) is 18.2. The topological polar surface area (TPSA) is 64.3 Å². The van der Waals surface area contributed by atoms with Crippen molar-refractivity contribution in [1.29, 1.82) is 0 Å². The van der Waals surface area contributed by atoms with Crippen LogP contribution in [0.25, 0.3) is 0 Å². The molecule has 3 rings (SSSR count). The number of hydrogen-bond acceptors (Lipinski definition) is 3. The molecule has 0 aromatic heterocycles. The minimum Gasteiger partial charge on any atom is -0.368 e. The molecule has 3 N–H and O–H groups in total. The van der Waals surface area contributed by atoms with E-state index in [0.29, 0.717) is 19.6 Å². The fourth-order valence-corrected chi connectivity index (χ4v) is 3.55. The third kappa shape index (κ3) is 4.69. The van der Waals surface area contributed by atoms with Gasteiger partial charge in [0.25, 0.3) is 0 Å². The summed E-state index contributed by atoms with van der Waals surface area (Å²) in [4.78, 5) is 12.2. The van der Waals surface area contributed by atoms with Crippen molar-refractivity contribution in [3.63, 3.8) is 0 Å². The highest BCUT2D eigenvalue weighted by molar-refractivity contribution is 5.85. The largest absolute Gasteiger partial charge is 0.368 e. The van der Waals surface area contributed by atoms with Gasteiger partial charge in [-0.15, -0.1) is 12.4 Å². The third-order valence-electron chi connectivity index (χ3n) is 4.95. The molecule has 1 aliphatic heterocycles. The molecule has 1 fully saturated rings. The zero-order valence-corrected chi connectivity index (χ0v) is 14.4. The number of nitrogens with two attached hydrogens (primary N) is 1. The second kappa shape index (κ2) is 8.13. The summed E-state index contributed by atoms with van der Waals surface area (Å²) in [5.74, 6) is 0.0378. The molecule has 128 valence electrons. The standard InChI is InChI=1S/C18H26N2O2.ClH/c19-18(9-5-1-2-6-10-18)13-20-17(21)11-16-15-8-4-3-7-14(15)12-22-16;/h3-4,7-8,16H,1-2,5-6,9-13,19H2,(H,20,21);1H/t16-;/m0./s1. The summed E-state index contributed by atoms with van der Waals surface area (Å²) in [5, 5.41) is 3.03. The van der Waals surface area contributed by atoms with Gasteiger partial charge in [-0.3, -0.25) is 4.79 Å². The first-order chi connectivity index (χ1) is 10.7. The van der Waals surface area contributed by atoms with E-state index in [4.69, 9.17) is 10.5 Å². The van der Waals surface area contributed by atoms with E-state index in [-0.39, 0.29) is 30.0 Å². The Morgan fingerprint density at radius 3 is 2.65 bits per heavy atom. The molecule has 1 aromatic carbocycles. The van der Waals surface area contributed by atoms with E-state index in [0.717, 1.165) is 18.4 Å². The molecule has 5 heteroatoms. The highest BCUT2D eigenvalue weighted by Gasteiger charge is 2.28. The van der Waals surface area contributed by atoms with Gasteiger partial charge in [-0.1, -0.05) is 49.9 Å². The van der Waals surface area contributed by atoms with Crippen molar-refractivity contribution in [3.8, 4) is 0 Å². The molecule has 4 nitrogen and oxygen atoms in total. The van der Waals surface area contributed by atoms with Gasteiger partial charge in [0.1, 0.15) is 0 Å². The lowest BCUT2D eigenvalue weighted by Crippen LogP contribution is -2.49. The molecule has 23 heavy (non-hydrogen) atoms. The van der Waals surface area contributed by atoms with Gasteiger partial charge in [0, 0.05) is 12.1 Å². The Kier molecular flexibility index (Phi) is 6.45. The van der Waals surface area contributed by atoms with Gasteiger partial charge in [-0.2, -0.15) is 0 Å². The monoisotopic (exact) mass is 338 g/mol. The summed E-state index contributed by atoms with van der Waals surface area (Å²) in [5.41, 5.74) is 8.57. The molecular formula is C18H27ClN2O2. The maximum atomic E-state index is 12.2. The molecule has 0 bridgehead atoms. The maximum Gasteiger partial charge on any atom is 0.223 e. The van der Waals surface area contributed by atoms with Crippen LogP contribution in [0.4, 0.5) is 0 Å². The van der Waals surface area contributed by atoms with Gasteiger partial charge in [0.05, 0.1) is 19.1 Å². The Bertz CT molecular complexity index is 528. The van der Waals surface area contributed by atoms with E-state index in [1.165, 1.54) is 31.2 Å².